The Kier molecular flexibility index (Phi) is 7.57. The second kappa shape index (κ2) is 9.90. The van der Waals surface area contributed by atoms with Gasteiger partial charge in [-0.15, -0.1) is 24.0 Å². The van der Waals surface area contributed by atoms with E-state index in [1.807, 2.05) is 54.5 Å². The number of aromatic nitrogens is 5. The van der Waals surface area contributed by atoms with Crippen LogP contribution in [0.3, 0.4) is 0 Å². The molecule has 0 aliphatic heterocycles. The standard InChI is InChI=1S/C17H22N8.HI/c1-18-17(20-11-16-21-13-23-24(16)2)19-9-8-14-10-22-25(12-14)15-6-4-3-5-7-15;/h3-7,10,12-13H,8-9,11H2,1-2H3,(H2,18,19,20);1H. The number of guanidine groups is 1. The van der Waals surface area contributed by atoms with Crippen molar-refractivity contribution in [3.63, 3.8) is 0 Å². The normalized spacial score (nSPS) is 11.1. The van der Waals surface area contributed by atoms with E-state index >= 15 is 0 Å². The zero-order chi connectivity index (χ0) is 17.5. The van der Waals surface area contributed by atoms with Crippen LogP contribution in [-0.4, -0.2) is 44.1 Å². The molecule has 0 saturated heterocycles. The summed E-state index contributed by atoms with van der Waals surface area (Å²) in [7, 11) is 3.62. The molecule has 0 unspecified atom stereocenters. The monoisotopic (exact) mass is 466 g/mol. The molecule has 0 atom stereocenters. The van der Waals surface area contributed by atoms with Crippen molar-refractivity contribution >= 4 is 29.9 Å². The van der Waals surface area contributed by atoms with Gasteiger partial charge in [-0.05, 0) is 24.1 Å². The third-order valence-electron chi connectivity index (χ3n) is 3.81. The number of halogens is 1. The first-order valence-electron chi connectivity index (χ1n) is 8.12. The van der Waals surface area contributed by atoms with Gasteiger partial charge in [-0.2, -0.15) is 10.2 Å². The molecule has 9 heteroatoms. The van der Waals surface area contributed by atoms with Crippen LogP contribution in [0.1, 0.15) is 11.4 Å². The molecule has 0 aliphatic rings. The molecular formula is C17H23IN8. The number of nitrogens with one attached hydrogen (secondary N) is 2. The number of para-hydroxylation sites is 1. The predicted octanol–water partition coefficient (Wildman–Crippen LogP) is 1.53. The van der Waals surface area contributed by atoms with E-state index in [-0.39, 0.29) is 24.0 Å². The minimum Gasteiger partial charge on any atom is -0.356 e. The molecule has 2 aromatic heterocycles. The van der Waals surface area contributed by atoms with Crippen LogP contribution >= 0.6 is 24.0 Å². The van der Waals surface area contributed by atoms with Gasteiger partial charge in [0.15, 0.2) is 5.96 Å². The fourth-order valence-corrected chi connectivity index (χ4v) is 2.40. The van der Waals surface area contributed by atoms with Gasteiger partial charge in [0.25, 0.3) is 0 Å². The summed E-state index contributed by atoms with van der Waals surface area (Å²) in [6, 6.07) is 10.1. The van der Waals surface area contributed by atoms with Crippen LogP contribution in [-0.2, 0) is 20.0 Å². The maximum absolute atomic E-state index is 4.41. The zero-order valence-corrected chi connectivity index (χ0v) is 17.2. The molecule has 0 fully saturated rings. The van der Waals surface area contributed by atoms with Crippen molar-refractivity contribution in [2.75, 3.05) is 13.6 Å². The predicted molar refractivity (Wildman–Crippen MR) is 112 cm³/mol. The van der Waals surface area contributed by atoms with Crippen molar-refractivity contribution < 1.29 is 0 Å². The van der Waals surface area contributed by atoms with Crippen LogP contribution in [0.2, 0.25) is 0 Å². The first-order chi connectivity index (χ1) is 12.3. The number of hydrogen-bond donors (Lipinski definition) is 2. The summed E-state index contributed by atoms with van der Waals surface area (Å²) in [5, 5.41) is 15.0. The maximum atomic E-state index is 4.41. The molecule has 3 aromatic rings. The molecular weight excluding hydrogens is 443 g/mol. The molecule has 1 aromatic carbocycles. The lowest BCUT2D eigenvalue weighted by Crippen LogP contribution is -2.38. The lowest BCUT2D eigenvalue weighted by atomic mass is 10.2. The van der Waals surface area contributed by atoms with Crippen LogP contribution in [0.5, 0.6) is 0 Å². The van der Waals surface area contributed by atoms with Crippen molar-refractivity contribution in [2.45, 2.75) is 13.0 Å². The van der Waals surface area contributed by atoms with Gasteiger partial charge < -0.3 is 10.6 Å². The highest BCUT2D eigenvalue weighted by atomic mass is 127. The van der Waals surface area contributed by atoms with E-state index in [2.05, 4.69) is 30.8 Å². The van der Waals surface area contributed by atoms with Crippen LogP contribution in [0.4, 0.5) is 0 Å². The van der Waals surface area contributed by atoms with Crippen molar-refractivity contribution in [3.8, 4) is 5.69 Å². The molecule has 0 aliphatic carbocycles. The Morgan fingerprint density at radius 2 is 1.96 bits per heavy atom. The molecule has 8 nitrogen and oxygen atoms in total. The molecule has 0 radical (unpaired) electrons. The third-order valence-corrected chi connectivity index (χ3v) is 3.81. The second-order valence-corrected chi connectivity index (χ2v) is 5.53. The van der Waals surface area contributed by atoms with Crippen molar-refractivity contribution in [1.82, 2.24) is 35.2 Å². The minimum atomic E-state index is 0. The molecule has 0 saturated carbocycles. The fraction of sp³-hybridized carbons (Fsp3) is 0.294. The van der Waals surface area contributed by atoms with Crippen LogP contribution < -0.4 is 10.6 Å². The second-order valence-electron chi connectivity index (χ2n) is 5.53. The number of rotatable bonds is 6. The highest BCUT2D eigenvalue weighted by molar-refractivity contribution is 14.0. The summed E-state index contributed by atoms with van der Waals surface area (Å²) in [6.45, 7) is 1.33. The van der Waals surface area contributed by atoms with E-state index in [0.29, 0.717) is 6.54 Å². The number of aryl methyl sites for hydroxylation is 1. The summed E-state index contributed by atoms with van der Waals surface area (Å²) >= 11 is 0. The quantitative estimate of drug-likeness (QED) is 0.327. The van der Waals surface area contributed by atoms with E-state index in [9.17, 15) is 0 Å². The van der Waals surface area contributed by atoms with Gasteiger partial charge >= 0.3 is 0 Å². The van der Waals surface area contributed by atoms with Gasteiger partial charge in [0.05, 0.1) is 18.4 Å². The Morgan fingerprint density at radius 3 is 2.65 bits per heavy atom. The lowest BCUT2D eigenvalue weighted by molar-refractivity contribution is 0.672. The Morgan fingerprint density at radius 1 is 1.15 bits per heavy atom. The van der Waals surface area contributed by atoms with E-state index in [1.54, 1.807) is 11.7 Å². The van der Waals surface area contributed by atoms with Gasteiger partial charge in [-0.25, -0.2) is 9.67 Å². The smallest absolute Gasteiger partial charge is 0.191 e. The largest absolute Gasteiger partial charge is 0.356 e. The topological polar surface area (TPSA) is 84.9 Å². The van der Waals surface area contributed by atoms with Gasteiger partial charge in [-0.3, -0.25) is 9.67 Å². The highest BCUT2D eigenvalue weighted by Crippen LogP contribution is 2.07. The average molecular weight is 466 g/mol. The van der Waals surface area contributed by atoms with Crippen molar-refractivity contribution in [2.24, 2.45) is 12.0 Å². The fourth-order valence-electron chi connectivity index (χ4n) is 2.40. The summed E-state index contributed by atoms with van der Waals surface area (Å²) in [6.07, 6.45) is 6.34. The number of hydrogen-bond acceptors (Lipinski definition) is 4. The Bertz CT molecular complexity index is 824. The van der Waals surface area contributed by atoms with Crippen molar-refractivity contribution in [1.29, 1.82) is 0 Å². The summed E-state index contributed by atoms with van der Waals surface area (Å²) in [5.74, 6) is 1.59. The Labute approximate surface area is 169 Å². The lowest BCUT2D eigenvalue weighted by Gasteiger charge is -2.10. The van der Waals surface area contributed by atoms with Crippen LogP contribution in [0.25, 0.3) is 5.69 Å². The Hall–Kier alpha value is -2.43. The first-order valence-corrected chi connectivity index (χ1v) is 8.12. The van der Waals surface area contributed by atoms with E-state index in [4.69, 9.17) is 0 Å². The highest BCUT2D eigenvalue weighted by Gasteiger charge is 2.04. The van der Waals surface area contributed by atoms with E-state index in [0.717, 1.165) is 30.4 Å². The number of aliphatic imine (C=N–C) groups is 1. The Balaban J connectivity index is 0.00000243. The molecule has 2 N–H and O–H groups in total. The first kappa shape index (κ1) is 19.9. The number of benzene rings is 1. The van der Waals surface area contributed by atoms with E-state index < -0.39 is 0 Å². The summed E-state index contributed by atoms with van der Waals surface area (Å²) in [4.78, 5) is 8.39. The van der Waals surface area contributed by atoms with Crippen molar-refractivity contribution in [3.05, 3.63) is 60.4 Å². The molecule has 0 spiro atoms. The average Bonchev–Trinajstić information content (AvgIpc) is 3.28. The summed E-state index contributed by atoms with van der Waals surface area (Å²) in [5.41, 5.74) is 2.22. The van der Waals surface area contributed by atoms with Crippen LogP contribution in [0, 0.1) is 0 Å². The van der Waals surface area contributed by atoms with Gasteiger partial charge in [0, 0.05) is 26.8 Å². The van der Waals surface area contributed by atoms with E-state index in [1.165, 1.54) is 11.9 Å². The summed E-state index contributed by atoms with van der Waals surface area (Å²) < 4.78 is 3.62. The molecule has 2 heterocycles. The van der Waals surface area contributed by atoms with Gasteiger partial charge in [0.2, 0.25) is 0 Å². The van der Waals surface area contributed by atoms with Crippen LogP contribution in [0.15, 0.2) is 54.0 Å². The minimum absolute atomic E-state index is 0. The third kappa shape index (κ3) is 5.28. The molecule has 3 rings (SSSR count). The van der Waals surface area contributed by atoms with Gasteiger partial charge in [0.1, 0.15) is 12.2 Å². The SMILES string of the molecule is CN=C(NCCc1cnn(-c2ccccc2)c1)NCc1ncnn1C.I. The molecule has 0 amide bonds. The maximum Gasteiger partial charge on any atom is 0.191 e. The number of nitrogens with zero attached hydrogens (tertiary/aromatic N) is 6. The molecule has 138 valence electrons. The zero-order valence-electron chi connectivity index (χ0n) is 14.8. The van der Waals surface area contributed by atoms with Gasteiger partial charge in [-0.1, -0.05) is 18.2 Å². The molecule has 26 heavy (non-hydrogen) atoms. The molecule has 0 bridgehead atoms.